The molecule has 1 unspecified atom stereocenters. The molecule has 0 amide bonds. The van der Waals surface area contributed by atoms with Gasteiger partial charge in [0.2, 0.25) is 0 Å². The molecule has 0 aromatic heterocycles. The largest absolute Gasteiger partial charge is 0.490 e. The van der Waals surface area contributed by atoms with Crippen LogP contribution in [-0.4, -0.2) is 30.4 Å². The molecular formula is C21H23IO4. The number of hydrogen-bond donors (Lipinski definition) is 1. The molecule has 0 spiro atoms. The van der Waals surface area contributed by atoms with Crippen molar-refractivity contribution >= 4 is 34.1 Å². The minimum atomic E-state index is -0.941. The van der Waals surface area contributed by atoms with Gasteiger partial charge in [0.15, 0.2) is 6.10 Å². The fourth-order valence-corrected chi connectivity index (χ4v) is 2.81. The Morgan fingerprint density at radius 3 is 2.38 bits per heavy atom. The van der Waals surface area contributed by atoms with Crippen LogP contribution in [0, 0.1) is 3.57 Å². The summed E-state index contributed by atoms with van der Waals surface area (Å²) in [6, 6.07) is 15.8. The molecule has 1 N–H and O–H groups in total. The van der Waals surface area contributed by atoms with Crippen molar-refractivity contribution < 1.29 is 19.4 Å². The molecule has 0 aliphatic heterocycles. The number of carbonyl (C=O) groups is 1. The highest BCUT2D eigenvalue weighted by molar-refractivity contribution is 14.1. The molecule has 0 heterocycles. The van der Waals surface area contributed by atoms with E-state index in [4.69, 9.17) is 14.6 Å². The fraction of sp³-hybridized carbons (Fsp3) is 0.286. The summed E-state index contributed by atoms with van der Waals surface area (Å²) >= 11 is 2.29. The molecule has 2 rings (SSSR count). The smallest absolute Gasteiger partial charge is 0.333 e. The van der Waals surface area contributed by atoms with Gasteiger partial charge in [-0.05, 0) is 83.5 Å². The molecule has 0 fully saturated rings. The minimum absolute atomic E-state index is 0.343. The average Bonchev–Trinajstić information content (AvgIpc) is 2.63. The van der Waals surface area contributed by atoms with Gasteiger partial charge < -0.3 is 14.6 Å². The lowest BCUT2D eigenvalue weighted by molar-refractivity contribution is -0.149. The average molecular weight is 466 g/mol. The quantitative estimate of drug-likeness (QED) is 0.540. The highest BCUT2D eigenvalue weighted by Gasteiger charge is 2.17. The topological polar surface area (TPSA) is 55.8 Å². The molecule has 0 aliphatic rings. The van der Waals surface area contributed by atoms with Crippen molar-refractivity contribution in [3.8, 4) is 5.75 Å². The molecule has 0 aliphatic carbocycles. The highest BCUT2D eigenvalue weighted by atomic mass is 127. The summed E-state index contributed by atoms with van der Waals surface area (Å²) in [7, 11) is 0. The number of allylic oxidation sites excluding steroid dienone is 1. The van der Waals surface area contributed by atoms with Crippen molar-refractivity contribution in [2.24, 2.45) is 0 Å². The van der Waals surface area contributed by atoms with Crippen molar-refractivity contribution in [1.82, 2.24) is 0 Å². The van der Waals surface area contributed by atoms with Crippen molar-refractivity contribution in [3.63, 3.8) is 0 Å². The van der Waals surface area contributed by atoms with E-state index < -0.39 is 12.1 Å². The molecule has 26 heavy (non-hydrogen) atoms. The molecule has 2 aromatic carbocycles. The molecule has 1 atom stereocenters. The number of hydrogen-bond acceptors (Lipinski definition) is 3. The molecule has 0 saturated heterocycles. The van der Waals surface area contributed by atoms with Crippen LogP contribution < -0.4 is 4.74 Å². The Morgan fingerprint density at radius 2 is 1.81 bits per heavy atom. The first-order chi connectivity index (χ1) is 12.5. The van der Waals surface area contributed by atoms with Crippen LogP contribution in [0.25, 0.3) is 5.57 Å². The second kappa shape index (κ2) is 10.3. The molecule has 5 heteroatoms. The molecule has 0 bridgehead atoms. The number of carboxylic acid groups (broad SMARTS) is 1. The minimum Gasteiger partial charge on any atom is -0.490 e. The molecular weight excluding hydrogens is 443 g/mol. The number of benzene rings is 2. The van der Waals surface area contributed by atoms with E-state index in [9.17, 15) is 4.79 Å². The van der Waals surface area contributed by atoms with E-state index in [0.29, 0.717) is 19.6 Å². The third-order valence-corrected chi connectivity index (χ3v) is 4.65. The summed E-state index contributed by atoms with van der Waals surface area (Å²) in [5, 5.41) is 9.14. The second-order valence-corrected chi connectivity index (χ2v) is 7.08. The zero-order chi connectivity index (χ0) is 18.9. The maximum Gasteiger partial charge on any atom is 0.333 e. The Bertz CT molecular complexity index is 736. The van der Waals surface area contributed by atoms with Crippen molar-refractivity contribution in [2.45, 2.75) is 26.4 Å². The van der Waals surface area contributed by atoms with Gasteiger partial charge in [-0.25, -0.2) is 4.79 Å². The van der Waals surface area contributed by atoms with Gasteiger partial charge in [-0.15, -0.1) is 0 Å². The Labute approximate surface area is 168 Å². The predicted molar refractivity (Wildman–Crippen MR) is 112 cm³/mol. The van der Waals surface area contributed by atoms with Gasteiger partial charge in [-0.1, -0.05) is 24.3 Å². The number of carboxylic acids is 1. The fourth-order valence-electron chi connectivity index (χ4n) is 2.45. The first kappa shape index (κ1) is 20.5. The van der Waals surface area contributed by atoms with Crippen LogP contribution in [0.5, 0.6) is 5.75 Å². The normalized spacial score (nSPS) is 12.7. The maximum absolute atomic E-state index is 11.1. The predicted octanol–water partition coefficient (Wildman–Crippen LogP) is 4.81. The monoisotopic (exact) mass is 466 g/mol. The summed E-state index contributed by atoms with van der Waals surface area (Å²) < 4.78 is 12.2. The first-order valence-corrected chi connectivity index (χ1v) is 9.56. The van der Waals surface area contributed by atoms with E-state index in [1.165, 1.54) is 14.7 Å². The van der Waals surface area contributed by atoms with Gasteiger partial charge in [-0.2, -0.15) is 0 Å². The SMILES string of the molecule is CCOC(Cc1ccc(OCC=C(C)c2ccc(I)cc2)cc1)C(=O)O. The van der Waals surface area contributed by atoms with Crippen LogP contribution in [0.2, 0.25) is 0 Å². The van der Waals surface area contributed by atoms with Gasteiger partial charge in [0.25, 0.3) is 0 Å². The van der Waals surface area contributed by atoms with Crippen LogP contribution in [0.15, 0.2) is 54.6 Å². The summed E-state index contributed by atoms with van der Waals surface area (Å²) in [6.07, 6.45) is 1.58. The van der Waals surface area contributed by atoms with E-state index in [1.54, 1.807) is 6.92 Å². The molecule has 0 radical (unpaired) electrons. The maximum atomic E-state index is 11.1. The third kappa shape index (κ3) is 6.46. The van der Waals surface area contributed by atoms with Crippen molar-refractivity contribution in [3.05, 3.63) is 69.3 Å². The lowest BCUT2D eigenvalue weighted by Gasteiger charge is -2.12. The first-order valence-electron chi connectivity index (χ1n) is 8.48. The Balaban J connectivity index is 1.89. The van der Waals surface area contributed by atoms with Gasteiger partial charge >= 0.3 is 5.97 Å². The Kier molecular flexibility index (Phi) is 8.12. The van der Waals surface area contributed by atoms with Crippen LogP contribution in [0.3, 0.4) is 0 Å². The third-order valence-electron chi connectivity index (χ3n) is 3.93. The van der Waals surface area contributed by atoms with Gasteiger partial charge in [0, 0.05) is 16.6 Å². The van der Waals surface area contributed by atoms with Crippen LogP contribution in [-0.2, 0) is 16.0 Å². The highest BCUT2D eigenvalue weighted by Crippen LogP contribution is 2.17. The number of rotatable bonds is 9. The zero-order valence-corrected chi connectivity index (χ0v) is 17.1. The van der Waals surface area contributed by atoms with E-state index in [0.717, 1.165) is 11.3 Å². The van der Waals surface area contributed by atoms with Crippen molar-refractivity contribution in [1.29, 1.82) is 0 Å². The molecule has 2 aromatic rings. The second-order valence-electron chi connectivity index (χ2n) is 5.84. The lowest BCUT2D eigenvalue weighted by Crippen LogP contribution is -2.26. The van der Waals surface area contributed by atoms with Crippen molar-refractivity contribution in [2.75, 3.05) is 13.2 Å². The molecule has 0 saturated carbocycles. The van der Waals surface area contributed by atoms with E-state index >= 15 is 0 Å². The standard InChI is InChI=1S/C21H23IO4/c1-3-25-20(21(23)24)14-16-4-10-19(11-5-16)26-13-12-15(2)17-6-8-18(22)9-7-17/h4-12,20H,3,13-14H2,1-2H3,(H,23,24). The summed E-state index contributed by atoms with van der Waals surface area (Å²) in [5.41, 5.74) is 3.25. The lowest BCUT2D eigenvalue weighted by atomic mass is 10.1. The van der Waals surface area contributed by atoms with Crippen LogP contribution in [0.1, 0.15) is 25.0 Å². The summed E-state index contributed by atoms with van der Waals surface area (Å²) in [6.45, 7) is 4.71. The summed E-state index contributed by atoms with van der Waals surface area (Å²) in [4.78, 5) is 11.1. The molecule has 138 valence electrons. The van der Waals surface area contributed by atoms with E-state index in [2.05, 4.69) is 53.8 Å². The zero-order valence-electron chi connectivity index (χ0n) is 14.9. The van der Waals surface area contributed by atoms with E-state index in [-0.39, 0.29) is 0 Å². The number of aliphatic carboxylic acids is 1. The Hall–Kier alpha value is -1.86. The van der Waals surface area contributed by atoms with Gasteiger partial charge in [0.05, 0.1) is 0 Å². The number of halogens is 1. The number of ether oxygens (including phenoxy) is 2. The van der Waals surface area contributed by atoms with E-state index in [1.807, 2.05) is 30.3 Å². The summed E-state index contributed by atoms with van der Waals surface area (Å²) in [5.74, 6) is -0.188. The molecule has 4 nitrogen and oxygen atoms in total. The van der Waals surface area contributed by atoms with Gasteiger partial charge in [-0.3, -0.25) is 0 Å². The van der Waals surface area contributed by atoms with Gasteiger partial charge in [0.1, 0.15) is 12.4 Å². The van der Waals surface area contributed by atoms with Crippen LogP contribution in [0.4, 0.5) is 0 Å². The Morgan fingerprint density at radius 1 is 1.15 bits per heavy atom. The van der Waals surface area contributed by atoms with Crippen LogP contribution >= 0.6 is 22.6 Å².